The van der Waals surface area contributed by atoms with Gasteiger partial charge < -0.3 is 20.3 Å². The van der Waals surface area contributed by atoms with Crippen LogP contribution >= 0.6 is 15.9 Å². The number of carbonyl (C=O) groups excluding carboxylic acids is 1. The largest absolute Gasteiger partial charge is 0.624 e. The average molecular weight is 458 g/mol. The first-order valence-corrected chi connectivity index (χ1v) is 10.1. The molecular formula is C22H24BrN3O3. The summed E-state index contributed by atoms with van der Waals surface area (Å²) in [5.41, 5.74) is 2.56. The summed E-state index contributed by atoms with van der Waals surface area (Å²) < 4.78 is 6.15. The number of nitrogens with one attached hydrogen (secondary N) is 2. The Morgan fingerprint density at radius 1 is 1.24 bits per heavy atom. The summed E-state index contributed by atoms with van der Waals surface area (Å²) in [6, 6.07) is 14.8. The fourth-order valence-electron chi connectivity index (χ4n) is 3.03. The predicted octanol–water partition coefficient (Wildman–Crippen LogP) is 3.83. The number of hydrogen-bond acceptors (Lipinski definition) is 4. The fraction of sp³-hybridized carbons (Fsp3) is 0.273. The lowest BCUT2D eigenvalue weighted by atomic mass is 10.0. The third-order valence-corrected chi connectivity index (χ3v) is 4.92. The second-order valence-corrected chi connectivity index (χ2v) is 8.57. The van der Waals surface area contributed by atoms with Crippen molar-refractivity contribution in [1.82, 2.24) is 5.32 Å². The molecule has 0 saturated heterocycles. The number of hydroxylamine groups is 1. The van der Waals surface area contributed by atoms with E-state index in [1.54, 1.807) is 18.5 Å². The smallest absolute Gasteiger partial charge is 0.407 e. The maximum atomic E-state index is 12.5. The lowest BCUT2D eigenvalue weighted by Crippen LogP contribution is -2.95. The monoisotopic (exact) mass is 457 g/mol. The molecular weight excluding hydrogens is 434 g/mol. The molecule has 2 N–H and O–H groups in total. The van der Waals surface area contributed by atoms with Gasteiger partial charge in [0.2, 0.25) is 0 Å². The molecule has 0 saturated carbocycles. The van der Waals surface area contributed by atoms with E-state index in [2.05, 4.69) is 26.2 Å². The topological polar surface area (TPSA) is 78.2 Å². The number of halogens is 1. The van der Waals surface area contributed by atoms with Gasteiger partial charge in [0, 0.05) is 28.9 Å². The van der Waals surface area contributed by atoms with Gasteiger partial charge in [0.15, 0.2) is 0 Å². The highest BCUT2D eigenvalue weighted by Crippen LogP contribution is 2.35. The first-order valence-electron chi connectivity index (χ1n) is 9.34. The third-order valence-electron chi connectivity index (χ3n) is 4.26. The Kier molecular flexibility index (Phi) is 6.52. The molecule has 29 heavy (non-hydrogen) atoms. The summed E-state index contributed by atoms with van der Waals surface area (Å²) in [7, 11) is 0. The van der Waals surface area contributed by atoms with Crippen LogP contribution in [0, 0.1) is 5.21 Å². The van der Waals surface area contributed by atoms with E-state index in [4.69, 9.17) is 4.74 Å². The molecule has 0 fully saturated rings. The number of benzene rings is 2. The van der Waals surface area contributed by atoms with Crippen molar-refractivity contribution in [3.63, 3.8) is 0 Å². The van der Waals surface area contributed by atoms with Crippen molar-refractivity contribution in [3.05, 3.63) is 75.5 Å². The van der Waals surface area contributed by atoms with Crippen molar-refractivity contribution in [3.8, 4) is 0 Å². The molecule has 152 valence electrons. The van der Waals surface area contributed by atoms with Crippen LogP contribution in [0.2, 0.25) is 0 Å². The van der Waals surface area contributed by atoms with Crippen molar-refractivity contribution in [2.75, 3.05) is 6.54 Å². The van der Waals surface area contributed by atoms with Gasteiger partial charge in [0.1, 0.15) is 17.5 Å². The highest BCUT2D eigenvalue weighted by atomic mass is 79.9. The molecule has 3 rings (SSSR count). The molecule has 1 amide bonds. The second-order valence-electron chi connectivity index (χ2n) is 7.71. The Balaban J connectivity index is 1.87. The number of fused-ring (bicyclic) bond motifs is 1. The third kappa shape index (κ3) is 5.53. The molecule has 0 aliphatic carbocycles. The van der Waals surface area contributed by atoms with E-state index in [1.165, 1.54) is 0 Å². The number of hydrogen-bond donors (Lipinski definition) is 2. The van der Waals surface area contributed by atoms with Crippen LogP contribution in [-0.2, 0) is 4.74 Å². The van der Waals surface area contributed by atoms with Crippen LogP contribution < -0.4 is 10.4 Å². The van der Waals surface area contributed by atoms with Crippen LogP contribution in [0.4, 0.5) is 10.5 Å². The first kappa shape index (κ1) is 21.2. The minimum atomic E-state index is -0.592. The summed E-state index contributed by atoms with van der Waals surface area (Å²) in [4.78, 5) is 16.8. The zero-order chi connectivity index (χ0) is 21.0. The zero-order valence-corrected chi connectivity index (χ0v) is 18.2. The van der Waals surface area contributed by atoms with Crippen LogP contribution in [0.5, 0.6) is 0 Å². The summed E-state index contributed by atoms with van der Waals surface area (Å²) >= 11 is 3.54. The van der Waals surface area contributed by atoms with Crippen LogP contribution in [0.3, 0.4) is 0 Å². The standard InChI is InChI=1S/C22H24BrN3O3/c1-22(2,3)29-21(27)25-13-18(24-12-15-8-5-4-6-9-15)16-14-26(28)19-11-7-10-17(23)20(16)19/h4-12,14,18,26H,13H2,1-3H3,(H,25,27)/b24-12-. The van der Waals surface area contributed by atoms with E-state index in [1.807, 2.05) is 63.2 Å². The van der Waals surface area contributed by atoms with Gasteiger partial charge in [-0.25, -0.2) is 4.79 Å². The molecule has 2 aromatic rings. The Hall–Kier alpha value is -2.48. The Labute approximate surface area is 179 Å². The van der Waals surface area contributed by atoms with Crippen molar-refractivity contribution in [1.29, 1.82) is 0 Å². The summed E-state index contributed by atoms with van der Waals surface area (Å²) in [6.07, 6.45) is 2.83. The van der Waals surface area contributed by atoms with E-state index in [0.717, 1.165) is 21.2 Å². The lowest BCUT2D eigenvalue weighted by Gasteiger charge is -2.21. The number of amides is 1. The van der Waals surface area contributed by atoms with Crippen molar-refractivity contribution in [2.45, 2.75) is 32.4 Å². The highest BCUT2D eigenvalue weighted by molar-refractivity contribution is 9.10. The van der Waals surface area contributed by atoms with E-state index < -0.39 is 17.7 Å². The van der Waals surface area contributed by atoms with Gasteiger partial charge >= 0.3 is 6.09 Å². The quantitative estimate of drug-likeness (QED) is 0.528. The van der Waals surface area contributed by atoms with E-state index in [0.29, 0.717) is 5.69 Å². The molecule has 1 aliphatic rings. The molecule has 2 aromatic carbocycles. The number of rotatable bonds is 5. The molecule has 1 heterocycles. The maximum Gasteiger partial charge on any atom is 0.407 e. The minimum Gasteiger partial charge on any atom is -0.624 e. The van der Waals surface area contributed by atoms with Gasteiger partial charge in [-0.2, -0.15) is 0 Å². The molecule has 0 radical (unpaired) electrons. The number of alkyl carbamates (subject to hydrolysis) is 1. The molecule has 6 nitrogen and oxygen atoms in total. The van der Waals surface area contributed by atoms with Gasteiger partial charge in [-0.3, -0.25) is 4.99 Å². The van der Waals surface area contributed by atoms with E-state index >= 15 is 0 Å². The Morgan fingerprint density at radius 3 is 2.66 bits per heavy atom. The van der Waals surface area contributed by atoms with Crippen LogP contribution in [0.25, 0.3) is 5.57 Å². The number of ether oxygens (including phenoxy) is 1. The predicted molar refractivity (Wildman–Crippen MR) is 118 cm³/mol. The van der Waals surface area contributed by atoms with Crippen LogP contribution in [0.15, 0.2) is 64.2 Å². The lowest BCUT2D eigenvalue weighted by molar-refractivity contribution is -0.710. The number of carbonyl (C=O) groups is 1. The molecule has 7 heteroatoms. The summed E-state index contributed by atoms with van der Waals surface area (Å²) in [5, 5.41) is 15.2. The van der Waals surface area contributed by atoms with Crippen LogP contribution in [-0.4, -0.2) is 30.5 Å². The Bertz CT molecular complexity index is 936. The number of aliphatic imine (C=N–C) groups is 1. The van der Waals surface area contributed by atoms with E-state index in [9.17, 15) is 10.0 Å². The normalized spacial score (nSPS) is 17.0. The van der Waals surface area contributed by atoms with Gasteiger partial charge in [-0.05, 0) is 48.3 Å². The van der Waals surface area contributed by atoms with E-state index in [-0.39, 0.29) is 11.6 Å². The van der Waals surface area contributed by atoms with Gasteiger partial charge in [-0.1, -0.05) is 36.4 Å². The van der Waals surface area contributed by atoms with Crippen LogP contribution in [0.1, 0.15) is 31.9 Å². The van der Waals surface area contributed by atoms with Crippen molar-refractivity contribution >= 4 is 39.5 Å². The summed E-state index contributed by atoms with van der Waals surface area (Å²) in [6.45, 7) is 5.63. The summed E-state index contributed by atoms with van der Waals surface area (Å²) in [5.74, 6) is 0. The second kappa shape index (κ2) is 8.90. The van der Waals surface area contributed by atoms with Gasteiger partial charge in [-0.15, -0.1) is 0 Å². The maximum absolute atomic E-state index is 12.5. The number of nitrogens with zero attached hydrogens (tertiary/aromatic N) is 1. The van der Waals surface area contributed by atoms with Crippen molar-refractivity contribution < 1.29 is 14.6 Å². The highest BCUT2D eigenvalue weighted by Gasteiger charge is 2.30. The molecule has 0 bridgehead atoms. The molecule has 0 aromatic heterocycles. The fourth-order valence-corrected chi connectivity index (χ4v) is 3.62. The average Bonchev–Trinajstić information content (AvgIpc) is 2.99. The van der Waals surface area contributed by atoms with Crippen molar-refractivity contribution in [2.24, 2.45) is 4.99 Å². The minimum absolute atomic E-state index is 0.0616. The molecule has 0 spiro atoms. The number of quaternary nitrogens is 1. The SMILES string of the molecule is CC(C)(C)OC(=O)NCC(/N=C\c1ccccc1)C1=C[NH+]([O-])c2cccc(Br)c21. The molecule has 1 aliphatic heterocycles. The van der Waals surface area contributed by atoms with Gasteiger partial charge in [0.05, 0.1) is 11.6 Å². The molecule has 2 atom stereocenters. The first-order chi connectivity index (χ1) is 13.7. The zero-order valence-electron chi connectivity index (χ0n) is 16.6. The Morgan fingerprint density at radius 2 is 1.97 bits per heavy atom. The van der Waals surface area contributed by atoms with Gasteiger partial charge in [0.25, 0.3) is 0 Å². The molecule has 2 unspecified atom stereocenters.